The molecular weight excluding hydrogens is 388 g/mol. The molecule has 5 nitrogen and oxygen atoms in total. The SMILES string of the molecule is Cc1cc2c(-c3ccccc3C(=O)O)c3cc(C)c(=[N+](C)C)cc-3oc2cc1N(C)C. The van der Waals surface area contributed by atoms with Crippen molar-refractivity contribution in [1.29, 1.82) is 0 Å². The Balaban J connectivity index is 2.26. The van der Waals surface area contributed by atoms with Gasteiger partial charge in [0.2, 0.25) is 5.36 Å². The highest BCUT2D eigenvalue weighted by Crippen LogP contribution is 2.43. The Morgan fingerprint density at radius 2 is 1.68 bits per heavy atom. The van der Waals surface area contributed by atoms with Crippen molar-refractivity contribution in [3.05, 3.63) is 70.6 Å². The van der Waals surface area contributed by atoms with Crippen molar-refractivity contribution in [2.45, 2.75) is 13.8 Å². The van der Waals surface area contributed by atoms with Crippen molar-refractivity contribution in [3.8, 4) is 22.5 Å². The average molecular weight is 416 g/mol. The van der Waals surface area contributed by atoms with Gasteiger partial charge in [0.15, 0.2) is 0 Å². The summed E-state index contributed by atoms with van der Waals surface area (Å²) in [6.45, 7) is 4.12. The van der Waals surface area contributed by atoms with Crippen LogP contribution >= 0.6 is 0 Å². The van der Waals surface area contributed by atoms with E-state index in [9.17, 15) is 9.90 Å². The molecule has 1 aliphatic carbocycles. The molecule has 0 bridgehead atoms. The van der Waals surface area contributed by atoms with Crippen LogP contribution in [0.1, 0.15) is 21.5 Å². The van der Waals surface area contributed by atoms with E-state index in [1.54, 1.807) is 12.1 Å². The lowest BCUT2D eigenvalue weighted by molar-refractivity contribution is 0.0697. The fourth-order valence-electron chi connectivity index (χ4n) is 4.32. The molecule has 0 saturated carbocycles. The van der Waals surface area contributed by atoms with E-state index in [2.05, 4.69) is 35.5 Å². The molecule has 0 saturated heterocycles. The minimum Gasteiger partial charge on any atom is -0.478 e. The Hall–Kier alpha value is -3.60. The lowest BCUT2D eigenvalue weighted by Crippen LogP contribution is -2.24. The number of carboxylic acid groups (broad SMARTS) is 1. The zero-order valence-corrected chi connectivity index (χ0v) is 18.8. The number of carbonyl (C=O) groups is 1. The Morgan fingerprint density at radius 1 is 0.968 bits per heavy atom. The van der Waals surface area contributed by atoms with Crippen LogP contribution < -0.4 is 14.8 Å². The number of carboxylic acids is 1. The molecule has 1 N–H and O–H groups in total. The van der Waals surface area contributed by atoms with E-state index in [0.29, 0.717) is 5.56 Å². The lowest BCUT2D eigenvalue weighted by atomic mass is 9.89. The summed E-state index contributed by atoms with van der Waals surface area (Å²) in [6, 6.07) is 15.4. The van der Waals surface area contributed by atoms with Crippen molar-refractivity contribution in [2.75, 3.05) is 33.1 Å². The quantitative estimate of drug-likeness (QED) is 0.392. The predicted molar refractivity (Wildman–Crippen MR) is 126 cm³/mol. The molecule has 0 amide bonds. The first-order valence-corrected chi connectivity index (χ1v) is 10.2. The van der Waals surface area contributed by atoms with E-state index < -0.39 is 5.97 Å². The minimum absolute atomic E-state index is 0.278. The summed E-state index contributed by atoms with van der Waals surface area (Å²) in [4.78, 5) is 14.1. The fraction of sp³-hybridized carbons (Fsp3) is 0.231. The van der Waals surface area contributed by atoms with Gasteiger partial charge in [0.25, 0.3) is 0 Å². The molecule has 5 heteroatoms. The van der Waals surface area contributed by atoms with Crippen molar-refractivity contribution in [1.82, 2.24) is 4.58 Å². The third-order valence-corrected chi connectivity index (χ3v) is 5.75. The van der Waals surface area contributed by atoms with Gasteiger partial charge in [-0.3, -0.25) is 0 Å². The molecule has 2 aromatic carbocycles. The second kappa shape index (κ2) is 7.58. The van der Waals surface area contributed by atoms with Crippen LogP contribution in [0, 0.1) is 13.8 Å². The summed E-state index contributed by atoms with van der Waals surface area (Å²) < 4.78 is 8.45. The van der Waals surface area contributed by atoms with Crippen molar-refractivity contribution >= 4 is 22.6 Å². The van der Waals surface area contributed by atoms with Gasteiger partial charge in [0.05, 0.1) is 11.6 Å². The Morgan fingerprint density at radius 3 is 2.32 bits per heavy atom. The summed E-state index contributed by atoms with van der Waals surface area (Å²) >= 11 is 0. The van der Waals surface area contributed by atoms with E-state index in [4.69, 9.17) is 4.42 Å². The Bertz CT molecular complexity index is 1380. The van der Waals surface area contributed by atoms with E-state index in [-0.39, 0.29) is 5.56 Å². The number of benzene rings is 3. The highest BCUT2D eigenvalue weighted by atomic mass is 16.4. The number of anilines is 1. The summed E-state index contributed by atoms with van der Waals surface area (Å²) in [5, 5.41) is 11.8. The Labute approximate surface area is 181 Å². The average Bonchev–Trinajstić information content (AvgIpc) is 2.71. The number of aryl methyl sites for hydroxylation is 2. The normalized spacial score (nSPS) is 11.2. The molecule has 0 radical (unpaired) electrons. The molecule has 0 fully saturated rings. The summed E-state index contributed by atoms with van der Waals surface area (Å²) in [5.41, 5.74) is 6.75. The summed E-state index contributed by atoms with van der Waals surface area (Å²) in [5.74, 6) is -0.216. The molecule has 0 unspecified atom stereocenters. The van der Waals surface area contributed by atoms with E-state index in [0.717, 1.165) is 50.0 Å². The third kappa shape index (κ3) is 3.46. The number of rotatable bonds is 3. The van der Waals surface area contributed by atoms with E-state index >= 15 is 0 Å². The van der Waals surface area contributed by atoms with Crippen LogP contribution in [0.2, 0.25) is 0 Å². The molecule has 0 atom stereocenters. The topological polar surface area (TPSA) is 56.7 Å². The highest BCUT2D eigenvalue weighted by molar-refractivity contribution is 6.08. The molecule has 4 rings (SSSR count). The molecular formula is C26H27N2O3+. The van der Waals surface area contributed by atoms with Crippen molar-refractivity contribution in [3.63, 3.8) is 0 Å². The van der Waals surface area contributed by atoms with Gasteiger partial charge in [-0.05, 0) is 43.2 Å². The molecule has 0 aromatic heterocycles. The lowest BCUT2D eigenvalue weighted by Gasteiger charge is -2.21. The first-order valence-electron chi connectivity index (χ1n) is 10.2. The number of aromatic carboxylic acids is 1. The van der Waals surface area contributed by atoms with Crippen LogP contribution in [0.3, 0.4) is 0 Å². The molecule has 1 aliphatic heterocycles. The second-order valence-electron chi connectivity index (χ2n) is 8.39. The highest BCUT2D eigenvalue weighted by Gasteiger charge is 2.23. The molecule has 0 spiro atoms. The van der Waals surface area contributed by atoms with Crippen LogP contribution in [-0.4, -0.2) is 39.3 Å². The standard InChI is InChI=1S/C26H26N2O3/c1-15-11-19-23(13-21(15)27(3)4)31-24-14-22(28(5)6)16(2)12-20(24)25(19)17-9-7-8-10-18(17)26(29)30/h7-14H,1-6H3/p+1. The van der Waals surface area contributed by atoms with Crippen LogP contribution in [0.25, 0.3) is 33.4 Å². The van der Waals surface area contributed by atoms with Crippen molar-refractivity contribution in [2.24, 2.45) is 0 Å². The van der Waals surface area contributed by atoms with E-state index in [1.165, 1.54) is 0 Å². The first-order chi connectivity index (χ1) is 14.7. The summed E-state index contributed by atoms with van der Waals surface area (Å²) in [7, 11) is 8.01. The van der Waals surface area contributed by atoms with Gasteiger partial charge in [-0.15, -0.1) is 0 Å². The van der Waals surface area contributed by atoms with Crippen LogP contribution in [0.5, 0.6) is 0 Å². The monoisotopic (exact) mass is 415 g/mol. The van der Waals surface area contributed by atoms with Gasteiger partial charge in [0, 0.05) is 47.9 Å². The largest absolute Gasteiger partial charge is 0.478 e. The van der Waals surface area contributed by atoms with Crippen LogP contribution in [-0.2, 0) is 0 Å². The maximum Gasteiger partial charge on any atom is 0.336 e. The van der Waals surface area contributed by atoms with Gasteiger partial charge in [-0.2, -0.15) is 0 Å². The fourth-order valence-corrected chi connectivity index (χ4v) is 4.32. The first kappa shape index (κ1) is 20.7. The Kier molecular flexibility index (Phi) is 5.05. The zero-order valence-electron chi connectivity index (χ0n) is 18.8. The molecule has 2 aliphatic rings. The maximum atomic E-state index is 12.1. The van der Waals surface area contributed by atoms with Gasteiger partial charge in [0.1, 0.15) is 25.4 Å². The molecule has 1 heterocycles. The summed E-state index contributed by atoms with van der Waals surface area (Å²) in [6.07, 6.45) is 0. The third-order valence-electron chi connectivity index (χ3n) is 5.75. The molecule has 2 aromatic rings. The second-order valence-corrected chi connectivity index (χ2v) is 8.39. The number of nitrogens with zero attached hydrogens (tertiary/aromatic N) is 2. The van der Waals surface area contributed by atoms with E-state index in [1.807, 2.05) is 52.5 Å². The maximum absolute atomic E-state index is 12.1. The van der Waals surface area contributed by atoms with Crippen LogP contribution in [0.15, 0.2) is 52.9 Å². The van der Waals surface area contributed by atoms with Gasteiger partial charge in [-0.25, -0.2) is 9.37 Å². The zero-order chi connectivity index (χ0) is 22.4. The smallest absolute Gasteiger partial charge is 0.336 e. The van der Waals surface area contributed by atoms with Gasteiger partial charge < -0.3 is 14.4 Å². The van der Waals surface area contributed by atoms with Crippen LogP contribution in [0.4, 0.5) is 5.69 Å². The predicted octanol–water partition coefficient (Wildman–Crippen LogP) is 4.62. The minimum atomic E-state index is -0.944. The van der Waals surface area contributed by atoms with Gasteiger partial charge >= 0.3 is 5.97 Å². The number of hydrogen-bond acceptors (Lipinski definition) is 3. The molecule has 158 valence electrons. The van der Waals surface area contributed by atoms with Gasteiger partial charge in [-0.1, -0.05) is 18.2 Å². The van der Waals surface area contributed by atoms with Crippen molar-refractivity contribution < 1.29 is 14.3 Å². The number of hydrogen-bond donors (Lipinski definition) is 1. The molecule has 31 heavy (non-hydrogen) atoms. The number of fused-ring (bicyclic) bond motifs is 2.